The molecule has 0 aliphatic carbocycles. The third-order valence-electron chi connectivity index (χ3n) is 4.04. The van der Waals surface area contributed by atoms with E-state index in [1.165, 1.54) is 17.8 Å². The lowest BCUT2D eigenvalue weighted by atomic mass is 9.97. The Morgan fingerprint density at radius 2 is 1.79 bits per heavy atom. The third kappa shape index (κ3) is 5.86. The Balaban J connectivity index is 1.78. The number of carboxylic acids is 1. The minimum atomic E-state index is -1.05. The van der Waals surface area contributed by atoms with Crippen molar-refractivity contribution in [2.45, 2.75) is 4.90 Å². The van der Waals surface area contributed by atoms with Gasteiger partial charge in [-0.15, -0.1) is 11.8 Å². The molecule has 0 fully saturated rings. The summed E-state index contributed by atoms with van der Waals surface area (Å²) in [6.07, 6.45) is 1.98. The summed E-state index contributed by atoms with van der Waals surface area (Å²) in [6.45, 7) is -0.422. The lowest BCUT2D eigenvalue weighted by Gasteiger charge is -2.11. The van der Waals surface area contributed by atoms with Gasteiger partial charge in [-0.2, -0.15) is 0 Å². The first-order valence-corrected chi connectivity index (χ1v) is 10.2. The Hall–Kier alpha value is -2.76. The quantitative estimate of drug-likeness (QED) is 0.436. The summed E-state index contributed by atoms with van der Waals surface area (Å²) in [5.41, 5.74) is 2.29. The summed E-state index contributed by atoms with van der Waals surface area (Å²) in [4.78, 5) is 11.4. The molecule has 0 saturated carbocycles. The summed E-state index contributed by atoms with van der Waals surface area (Å²) in [5, 5.41) is 9.15. The van der Waals surface area contributed by atoms with Crippen molar-refractivity contribution in [1.29, 1.82) is 0 Å². The average Bonchev–Trinajstić information content (AvgIpc) is 2.72. The zero-order valence-corrected chi connectivity index (χ0v) is 16.9. The van der Waals surface area contributed by atoms with Gasteiger partial charge >= 0.3 is 5.97 Å². The zero-order chi connectivity index (χ0) is 20.6. The highest BCUT2D eigenvalue weighted by atomic mass is 35.5. The van der Waals surface area contributed by atoms with Crippen LogP contribution in [0.1, 0.15) is 11.1 Å². The van der Waals surface area contributed by atoms with Crippen LogP contribution in [0.5, 0.6) is 5.75 Å². The maximum Gasteiger partial charge on any atom is 0.341 e. The van der Waals surface area contributed by atoms with Gasteiger partial charge in [-0.1, -0.05) is 66.2 Å². The fourth-order valence-electron chi connectivity index (χ4n) is 2.73. The highest BCUT2D eigenvalue weighted by Gasteiger charge is 2.10. The number of rotatable bonds is 8. The molecule has 6 heteroatoms. The highest BCUT2D eigenvalue weighted by Crippen LogP contribution is 2.32. The number of halogens is 2. The molecular weight excluding hydrogens is 411 g/mol. The van der Waals surface area contributed by atoms with Gasteiger partial charge in [0.2, 0.25) is 0 Å². The molecule has 0 bridgehead atoms. The molecule has 3 rings (SSSR count). The van der Waals surface area contributed by atoms with E-state index >= 15 is 0 Å². The second-order valence-electron chi connectivity index (χ2n) is 6.05. The molecule has 3 nitrogen and oxygen atoms in total. The number of carbonyl (C=O) groups is 1. The monoisotopic (exact) mass is 428 g/mol. The van der Waals surface area contributed by atoms with Crippen LogP contribution in [0.2, 0.25) is 5.02 Å². The van der Waals surface area contributed by atoms with Crippen LogP contribution in [0, 0.1) is 5.82 Å². The third-order valence-corrected chi connectivity index (χ3v) is 5.47. The molecule has 148 valence electrons. The predicted octanol–water partition coefficient (Wildman–Crippen LogP) is 6.17. The summed E-state index contributed by atoms with van der Waals surface area (Å²) in [6, 6.07) is 21.4. The lowest BCUT2D eigenvalue weighted by Crippen LogP contribution is -2.09. The fourth-order valence-corrected chi connectivity index (χ4v) is 3.85. The Morgan fingerprint density at radius 3 is 2.48 bits per heavy atom. The first-order chi connectivity index (χ1) is 14.0. The Labute approximate surface area is 177 Å². The topological polar surface area (TPSA) is 46.5 Å². The van der Waals surface area contributed by atoms with Gasteiger partial charge in [0.1, 0.15) is 11.6 Å². The van der Waals surface area contributed by atoms with Crippen LogP contribution in [-0.4, -0.2) is 23.4 Å². The number of benzene rings is 3. The molecule has 1 N–H and O–H groups in total. The number of hydrogen-bond donors (Lipinski definition) is 1. The van der Waals surface area contributed by atoms with Gasteiger partial charge in [-0.3, -0.25) is 0 Å². The Kier molecular flexibility index (Phi) is 7.33. The van der Waals surface area contributed by atoms with Crippen molar-refractivity contribution in [2.24, 2.45) is 0 Å². The second-order valence-corrected chi connectivity index (χ2v) is 7.52. The number of thioether (sulfide) groups is 1. The maximum atomic E-state index is 14.4. The van der Waals surface area contributed by atoms with Crippen molar-refractivity contribution in [2.75, 3.05) is 12.4 Å². The molecule has 3 aromatic rings. The maximum absolute atomic E-state index is 14.4. The minimum Gasteiger partial charge on any atom is -0.482 e. The summed E-state index contributed by atoms with van der Waals surface area (Å²) in [5.74, 6) is -0.348. The standard InChI is InChI=1S/C23H18ClFO3S/c24-20-14-17(28-15-23(26)27)10-11-22(20)29-13-12-18(16-6-2-1-3-7-16)19-8-4-5-9-21(19)25/h1-12,14H,13,15H2,(H,26,27). The van der Waals surface area contributed by atoms with Gasteiger partial charge in [0, 0.05) is 16.2 Å². The molecule has 0 spiro atoms. The van der Waals surface area contributed by atoms with E-state index < -0.39 is 12.6 Å². The Morgan fingerprint density at radius 1 is 1.07 bits per heavy atom. The van der Waals surface area contributed by atoms with E-state index in [1.807, 2.05) is 42.5 Å². The molecule has 0 amide bonds. The van der Waals surface area contributed by atoms with Crippen molar-refractivity contribution in [3.05, 3.63) is 101 Å². The van der Waals surface area contributed by atoms with Gasteiger partial charge in [0.25, 0.3) is 0 Å². The van der Waals surface area contributed by atoms with E-state index in [2.05, 4.69) is 0 Å². The van der Waals surface area contributed by atoms with Crippen molar-refractivity contribution < 1.29 is 19.0 Å². The van der Waals surface area contributed by atoms with E-state index in [4.69, 9.17) is 21.4 Å². The normalized spacial score (nSPS) is 11.3. The minimum absolute atomic E-state index is 0.273. The van der Waals surface area contributed by atoms with Crippen LogP contribution < -0.4 is 4.74 Å². The number of aliphatic carboxylic acids is 1. The molecular formula is C23H18ClFO3S. The second kappa shape index (κ2) is 10.1. The van der Waals surface area contributed by atoms with Crippen molar-refractivity contribution in [3.8, 4) is 5.75 Å². The van der Waals surface area contributed by atoms with Crippen LogP contribution in [-0.2, 0) is 4.79 Å². The SMILES string of the molecule is O=C(O)COc1ccc(SCC=C(c2ccccc2)c2ccccc2F)c(Cl)c1. The van der Waals surface area contributed by atoms with Crippen molar-refractivity contribution in [3.63, 3.8) is 0 Å². The first kappa shape index (κ1) is 21.0. The van der Waals surface area contributed by atoms with Gasteiger partial charge < -0.3 is 9.84 Å². The van der Waals surface area contributed by atoms with Crippen molar-refractivity contribution >= 4 is 34.9 Å². The van der Waals surface area contributed by atoms with E-state index in [1.54, 1.807) is 30.3 Å². The molecule has 0 saturated heterocycles. The average molecular weight is 429 g/mol. The van der Waals surface area contributed by atoms with E-state index in [9.17, 15) is 9.18 Å². The van der Waals surface area contributed by atoms with Crippen LogP contribution >= 0.6 is 23.4 Å². The number of hydrogen-bond acceptors (Lipinski definition) is 3. The Bertz CT molecular complexity index is 1020. The van der Waals surface area contributed by atoms with E-state index in [0.717, 1.165) is 16.0 Å². The van der Waals surface area contributed by atoms with E-state index in [-0.39, 0.29) is 5.82 Å². The summed E-state index contributed by atoms with van der Waals surface area (Å²) in [7, 11) is 0. The predicted molar refractivity (Wildman–Crippen MR) is 115 cm³/mol. The van der Waals surface area contributed by atoms with E-state index in [0.29, 0.717) is 22.1 Å². The largest absolute Gasteiger partial charge is 0.482 e. The fraction of sp³-hybridized carbons (Fsp3) is 0.0870. The molecule has 0 aliphatic heterocycles. The molecule has 3 aromatic carbocycles. The van der Waals surface area contributed by atoms with Gasteiger partial charge in [-0.25, -0.2) is 9.18 Å². The van der Waals surface area contributed by atoms with Crippen molar-refractivity contribution in [1.82, 2.24) is 0 Å². The molecule has 0 radical (unpaired) electrons. The lowest BCUT2D eigenvalue weighted by molar-refractivity contribution is -0.139. The van der Waals surface area contributed by atoms with Crippen LogP contribution in [0.25, 0.3) is 5.57 Å². The molecule has 0 unspecified atom stereocenters. The summed E-state index contributed by atoms with van der Waals surface area (Å²) >= 11 is 7.79. The van der Waals surface area contributed by atoms with Gasteiger partial charge in [0.15, 0.2) is 6.61 Å². The van der Waals surface area contributed by atoms with Gasteiger partial charge in [-0.05, 0) is 35.4 Å². The number of carboxylic acid groups (broad SMARTS) is 1. The summed E-state index contributed by atoms with van der Waals surface area (Å²) < 4.78 is 19.5. The number of ether oxygens (including phenoxy) is 1. The molecule has 0 aromatic heterocycles. The molecule has 0 heterocycles. The van der Waals surface area contributed by atoms with Crippen LogP contribution in [0.3, 0.4) is 0 Å². The zero-order valence-electron chi connectivity index (χ0n) is 15.3. The highest BCUT2D eigenvalue weighted by molar-refractivity contribution is 7.99. The smallest absolute Gasteiger partial charge is 0.341 e. The van der Waals surface area contributed by atoms with Crippen LogP contribution in [0.4, 0.5) is 4.39 Å². The van der Waals surface area contributed by atoms with Gasteiger partial charge in [0.05, 0.1) is 5.02 Å². The first-order valence-electron chi connectivity index (χ1n) is 8.82. The van der Waals surface area contributed by atoms with Crippen LogP contribution in [0.15, 0.2) is 83.8 Å². The molecule has 0 atom stereocenters. The molecule has 0 aliphatic rings. The molecule has 29 heavy (non-hydrogen) atoms.